The lowest BCUT2D eigenvalue weighted by atomic mass is 9.89. The highest BCUT2D eigenvalue weighted by molar-refractivity contribution is 7.80. The molecular formula is C27H32N4S. The van der Waals surface area contributed by atoms with Crippen molar-refractivity contribution in [2.75, 3.05) is 0 Å². The quantitative estimate of drug-likeness (QED) is 0.493. The first kappa shape index (κ1) is 21.2. The highest BCUT2D eigenvalue weighted by Gasteiger charge is 2.45. The van der Waals surface area contributed by atoms with Gasteiger partial charge in [0.15, 0.2) is 5.11 Å². The maximum absolute atomic E-state index is 5.98. The molecule has 3 aromatic rings. The molecule has 1 saturated carbocycles. The fourth-order valence-electron chi connectivity index (χ4n) is 5.83. The number of rotatable bonds is 4. The summed E-state index contributed by atoms with van der Waals surface area (Å²) in [6.07, 6.45) is 8.22. The van der Waals surface area contributed by atoms with Crippen molar-refractivity contribution >= 4 is 17.3 Å². The van der Waals surface area contributed by atoms with E-state index in [4.69, 9.17) is 17.2 Å². The van der Waals surface area contributed by atoms with Crippen LogP contribution >= 0.6 is 12.2 Å². The predicted molar refractivity (Wildman–Crippen MR) is 134 cm³/mol. The van der Waals surface area contributed by atoms with Crippen molar-refractivity contribution in [3.63, 3.8) is 0 Å². The molecule has 1 saturated heterocycles. The Morgan fingerprint density at radius 1 is 0.906 bits per heavy atom. The average molecular weight is 445 g/mol. The van der Waals surface area contributed by atoms with Crippen LogP contribution in [0.1, 0.15) is 72.4 Å². The molecule has 1 N–H and O–H groups in total. The summed E-state index contributed by atoms with van der Waals surface area (Å²) in [5.41, 5.74) is 7.60. The van der Waals surface area contributed by atoms with Crippen molar-refractivity contribution in [1.82, 2.24) is 19.8 Å². The van der Waals surface area contributed by atoms with E-state index in [1.807, 2.05) is 12.3 Å². The summed E-state index contributed by atoms with van der Waals surface area (Å²) in [4.78, 5) is 7.27. The molecule has 1 aliphatic carbocycles. The fraction of sp³-hybridized carbons (Fsp3) is 0.407. The normalized spacial score (nSPS) is 21.7. The molecule has 1 aliphatic heterocycles. The molecule has 2 fully saturated rings. The van der Waals surface area contributed by atoms with E-state index >= 15 is 0 Å². The Balaban J connectivity index is 1.67. The van der Waals surface area contributed by atoms with Gasteiger partial charge in [-0.2, -0.15) is 0 Å². The van der Waals surface area contributed by atoms with E-state index in [0.717, 1.165) is 10.8 Å². The fourth-order valence-corrected chi connectivity index (χ4v) is 6.22. The van der Waals surface area contributed by atoms with Gasteiger partial charge in [-0.3, -0.25) is 4.98 Å². The zero-order valence-electron chi connectivity index (χ0n) is 19.2. The smallest absolute Gasteiger partial charge is 0.170 e. The highest BCUT2D eigenvalue weighted by atomic mass is 32.1. The standard InChI is InChI=1S/C27H32N4S/c1-18-19(2)30(21-12-6-4-7-13-21)20(3)24(18)26-25(23-16-10-11-17-28-23)29-27(32)31(26)22-14-8-5-9-15-22/h4,6-7,10-13,16-17,22,25-26H,5,8-9,14-15H2,1-3H3,(H,29,32)/t25-,26-/m1/s1. The summed E-state index contributed by atoms with van der Waals surface area (Å²) in [6.45, 7) is 6.77. The van der Waals surface area contributed by atoms with E-state index in [1.54, 1.807) is 0 Å². The second kappa shape index (κ2) is 8.70. The first-order valence-electron chi connectivity index (χ1n) is 11.8. The van der Waals surface area contributed by atoms with E-state index in [1.165, 1.54) is 60.3 Å². The molecule has 4 nitrogen and oxygen atoms in total. The van der Waals surface area contributed by atoms with E-state index in [-0.39, 0.29) is 12.1 Å². The molecule has 1 aromatic carbocycles. The number of para-hydroxylation sites is 1. The van der Waals surface area contributed by atoms with Gasteiger partial charge in [0.2, 0.25) is 0 Å². The monoisotopic (exact) mass is 444 g/mol. The maximum atomic E-state index is 5.98. The van der Waals surface area contributed by atoms with Crippen LogP contribution in [0.25, 0.3) is 5.69 Å². The number of aromatic nitrogens is 2. The van der Waals surface area contributed by atoms with Gasteiger partial charge < -0.3 is 14.8 Å². The van der Waals surface area contributed by atoms with Gasteiger partial charge in [-0.05, 0) is 75.7 Å². The first-order chi connectivity index (χ1) is 15.6. The zero-order chi connectivity index (χ0) is 22.2. The van der Waals surface area contributed by atoms with Crippen LogP contribution in [0.5, 0.6) is 0 Å². The molecule has 0 bridgehead atoms. The number of nitrogens with zero attached hydrogens (tertiary/aromatic N) is 3. The summed E-state index contributed by atoms with van der Waals surface area (Å²) in [7, 11) is 0. The lowest BCUT2D eigenvalue weighted by Gasteiger charge is -2.37. The number of thiocarbonyl (C=S) groups is 1. The van der Waals surface area contributed by atoms with Gasteiger partial charge in [-0.15, -0.1) is 0 Å². The van der Waals surface area contributed by atoms with Gasteiger partial charge in [-0.25, -0.2) is 0 Å². The Kier molecular flexibility index (Phi) is 5.76. The van der Waals surface area contributed by atoms with Gasteiger partial charge in [0, 0.05) is 34.9 Å². The van der Waals surface area contributed by atoms with Crippen LogP contribution in [0, 0.1) is 20.8 Å². The number of nitrogens with one attached hydrogen (secondary N) is 1. The van der Waals surface area contributed by atoms with Gasteiger partial charge in [0.05, 0.1) is 17.8 Å². The Bertz CT molecular complexity index is 1100. The largest absolute Gasteiger partial charge is 0.352 e. The van der Waals surface area contributed by atoms with Crippen LogP contribution in [0.3, 0.4) is 0 Å². The van der Waals surface area contributed by atoms with Gasteiger partial charge in [-0.1, -0.05) is 43.5 Å². The van der Waals surface area contributed by atoms with Gasteiger partial charge >= 0.3 is 0 Å². The summed E-state index contributed by atoms with van der Waals surface area (Å²) < 4.78 is 2.40. The van der Waals surface area contributed by atoms with E-state index < -0.39 is 0 Å². The van der Waals surface area contributed by atoms with E-state index in [2.05, 4.69) is 78.0 Å². The van der Waals surface area contributed by atoms with Crippen molar-refractivity contribution < 1.29 is 0 Å². The Hall–Kier alpha value is -2.66. The topological polar surface area (TPSA) is 33.1 Å². The molecule has 2 atom stereocenters. The number of pyridine rings is 1. The SMILES string of the molecule is Cc1c([C@@H]2[C@@H](c3ccccn3)NC(=S)N2C2CCCCC2)c(C)n(-c2ccccc2)c1C. The summed E-state index contributed by atoms with van der Waals surface area (Å²) in [5.74, 6) is 0. The zero-order valence-corrected chi connectivity index (χ0v) is 20.0. The lowest BCUT2D eigenvalue weighted by Crippen LogP contribution is -2.40. The number of hydrogen-bond acceptors (Lipinski definition) is 2. The van der Waals surface area contributed by atoms with Crippen LogP contribution < -0.4 is 5.32 Å². The molecule has 5 rings (SSSR count). The Morgan fingerprint density at radius 2 is 1.62 bits per heavy atom. The van der Waals surface area contributed by atoms with Crippen LogP contribution in [-0.4, -0.2) is 25.6 Å². The van der Waals surface area contributed by atoms with Crippen LogP contribution in [0.4, 0.5) is 0 Å². The molecule has 0 amide bonds. The first-order valence-corrected chi connectivity index (χ1v) is 12.2. The molecule has 0 unspecified atom stereocenters. The second-order valence-electron chi connectivity index (χ2n) is 9.21. The third kappa shape index (κ3) is 3.53. The summed E-state index contributed by atoms with van der Waals surface area (Å²) in [5, 5.41) is 4.55. The third-order valence-electron chi connectivity index (χ3n) is 7.42. The minimum Gasteiger partial charge on any atom is -0.352 e. The third-order valence-corrected chi connectivity index (χ3v) is 7.75. The Morgan fingerprint density at radius 3 is 2.31 bits per heavy atom. The molecule has 3 heterocycles. The molecule has 0 radical (unpaired) electrons. The molecule has 32 heavy (non-hydrogen) atoms. The van der Waals surface area contributed by atoms with E-state index in [0.29, 0.717) is 6.04 Å². The number of benzene rings is 1. The van der Waals surface area contributed by atoms with Gasteiger partial charge in [0.1, 0.15) is 0 Å². The van der Waals surface area contributed by atoms with Crippen molar-refractivity contribution in [3.8, 4) is 5.69 Å². The average Bonchev–Trinajstić information content (AvgIpc) is 3.28. The van der Waals surface area contributed by atoms with Crippen LogP contribution in [0.2, 0.25) is 0 Å². The van der Waals surface area contributed by atoms with Gasteiger partial charge in [0.25, 0.3) is 0 Å². The van der Waals surface area contributed by atoms with Crippen molar-refractivity contribution in [1.29, 1.82) is 0 Å². The van der Waals surface area contributed by atoms with Crippen molar-refractivity contribution in [3.05, 3.63) is 82.9 Å². The summed E-state index contributed by atoms with van der Waals surface area (Å²) >= 11 is 5.98. The van der Waals surface area contributed by atoms with Crippen molar-refractivity contribution in [2.45, 2.75) is 71.0 Å². The molecular weight excluding hydrogens is 412 g/mol. The maximum Gasteiger partial charge on any atom is 0.170 e. The molecule has 0 spiro atoms. The number of hydrogen-bond donors (Lipinski definition) is 1. The minimum absolute atomic E-state index is 0.0500. The van der Waals surface area contributed by atoms with Crippen molar-refractivity contribution in [2.24, 2.45) is 0 Å². The summed E-state index contributed by atoms with van der Waals surface area (Å²) in [6, 6.07) is 17.5. The van der Waals surface area contributed by atoms with E-state index in [9.17, 15) is 0 Å². The lowest BCUT2D eigenvalue weighted by molar-refractivity contribution is 0.196. The molecule has 5 heteroatoms. The predicted octanol–water partition coefficient (Wildman–Crippen LogP) is 6.10. The van der Waals surface area contributed by atoms with Crippen LogP contribution in [-0.2, 0) is 0 Å². The minimum atomic E-state index is 0.0500. The molecule has 2 aromatic heterocycles. The second-order valence-corrected chi connectivity index (χ2v) is 9.59. The molecule has 166 valence electrons. The molecule has 2 aliphatic rings. The van der Waals surface area contributed by atoms with Crippen LogP contribution in [0.15, 0.2) is 54.7 Å². The highest BCUT2D eigenvalue weighted by Crippen LogP contribution is 2.46. The Labute approximate surface area is 196 Å².